The van der Waals surface area contributed by atoms with E-state index in [1.54, 1.807) is 0 Å². The van der Waals surface area contributed by atoms with Crippen molar-refractivity contribution in [1.29, 1.82) is 0 Å². The predicted molar refractivity (Wildman–Crippen MR) is 74.8 cm³/mol. The fourth-order valence-corrected chi connectivity index (χ4v) is 3.54. The van der Waals surface area contributed by atoms with Crippen LogP contribution in [0.5, 0.6) is 0 Å². The molecule has 0 unspecified atom stereocenters. The lowest BCUT2D eigenvalue weighted by atomic mass is 9.87. The number of ether oxygens (including phenoxy) is 1. The van der Waals surface area contributed by atoms with Crippen molar-refractivity contribution in [3.05, 3.63) is 34.9 Å². The second-order valence-electron chi connectivity index (χ2n) is 6.16. The molecule has 1 saturated heterocycles. The molecule has 1 aromatic carbocycles. The lowest BCUT2D eigenvalue weighted by Crippen LogP contribution is -2.30. The number of aryl methyl sites for hydroxylation is 1. The fraction of sp³-hybridized carbons (Fsp3) is 0.647. The predicted octanol–water partition coefficient (Wildman–Crippen LogP) is 4.37. The van der Waals surface area contributed by atoms with E-state index in [0.29, 0.717) is 6.10 Å². The first-order chi connectivity index (χ1) is 8.71. The van der Waals surface area contributed by atoms with Gasteiger partial charge in [-0.2, -0.15) is 0 Å². The van der Waals surface area contributed by atoms with Gasteiger partial charge in [-0.05, 0) is 55.7 Å². The van der Waals surface area contributed by atoms with E-state index in [-0.39, 0.29) is 5.60 Å². The Bertz CT molecular complexity index is 437. The number of rotatable bonds is 4. The average molecular weight is 244 g/mol. The molecule has 2 aliphatic rings. The van der Waals surface area contributed by atoms with Gasteiger partial charge in [0.2, 0.25) is 0 Å². The second kappa shape index (κ2) is 4.70. The molecule has 1 fully saturated rings. The summed E-state index contributed by atoms with van der Waals surface area (Å²) in [4.78, 5) is 0. The number of unbranched alkanes of at least 4 members (excludes halogenated alkanes) is 2. The van der Waals surface area contributed by atoms with Gasteiger partial charge in [0, 0.05) is 0 Å². The summed E-state index contributed by atoms with van der Waals surface area (Å²) in [6.07, 6.45) is 9.21. The van der Waals surface area contributed by atoms with Crippen molar-refractivity contribution in [2.45, 2.75) is 70.5 Å². The van der Waals surface area contributed by atoms with Crippen molar-refractivity contribution in [1.82, 2.24) is 0 Å². The zero-order valence-electron chi connectivity index (χ0n) is 11.7. The summed E-state index contributed by atoms with van der Waals surface area (Å²) in [7, 11) is 0. The monoisotopic (exact) mass is 244 g/mol. The number of hydrogen-bond donors (Lipinski definition) is 0. The number of hydrogen-bond acceptors (Lipinski definition) is 1. The summed E-state index contributed by atoms with van der Waals surface area (Å²) in [6.45, 7) is 4.54. The highest BCUT2D eigenvalue weighted by Gasteiger charge is 2.42. The zero-order chi connectivity index (χ0) is 12.6. The van der Waals surface area contributed by atoms with Gasteiger partial charge in [-0.3, -0.25) is 0 Å². The SMILES string of the molecule is CCCCCc1ccc2c(c1)[C@@]1(C)CC[C@@H](C2)O1. The molecule has 1 nitrogen and oxygen atoms in total. The van der Waals surface area contributed by atoms with E-state index >= 15 is 0 Å². The van der Waals surface area contributed by atoms with Crippen LogP contribution >= 0.6 is 0 Å². The smallest absolute Gasteiger partial charge is 0.0910 e. The van der Waals surface area contributed by atoms with Crippen LogP contribution in [0.3, 0.4) is 0 Å². The third kappa shape index (κ3) is 2.09. The van der Waals surface area contributed by atoms with Crippen molar-refractivity contribution in [3.8, 4) is 0 Å². The van der Waals surface area contributed by atoms with Crippen LogP contribution in [0.15, 0.2) is 18.2 Å². The van der Waals surface area contributed by atoms with Gasteiger partial charge in [-0.1, -0.05) is 38.0 Å². The molecule has 2 aliphatic heterocycles. The normalized spacial score (nSPS) is 29.3. The minimum Gasteiger partial charge on any atom is -0.367 e. The molecule has 0 N–H and O–H groups in total. The van der Waals surface area contributed by atoms with E-state index in [1.807, 2.05) is 0 Å². The molecule has 1 heteroatoms. The van der Waals surface area contributed by atoms with Crippen LogP contribution in [0.4, 0.5) is 0 Å². The lowest BCUT2D eigenvalue weighted by Gasteiger charge is -2.33. The van der Waals surface area contributed by atoms with E-state index in [4.69, 9.17) is 4.74 Å². The topological polar surface area (TPSA) is 9.23 Å². The van der Waals surface area contributed by atoms with E-state index in [0.717, 1.165) is 6.42 Å². The molecule has 1 aromatic rings. The molecule has 0 spiro atoms. The Morgan fingerprint density at radius 1 is 1.33 bits per heavy atom. The zero-order valence-corrected chi connectivity index (χ0v) is 11.7. The summed E-state index contributed by atoms with van der Waals surface area (Å²) in [5.74, 6) is 0. The summed E-state index contributed by atoms with van der Waals surface area (Å²) < 4.78 is 6.19. The van der Waals surface area contributed by atoms with Crippen LogP contribution < -0.4 is 0 Å². The Morgan fingerprint density at radius 2 is 2.22 bits per heavy atom. The van der Waals surface area contributed by atoms with Gasteiger partial charge >= 0.3 is 0 Å². The molecule has 0 aliphatic carbocycles. The standard InChI is InChI=1S/C17H24O/c1-3-4-5-6-13-7-8-14-12-15-9-10-17(2,18-15)16(14)11-13/h7-8,11,15H,3-6,9-10,12H2,1-2H3/t15-,17+/m0/s1. The Hall–Kier alpha value is -0.820. The van der Waals surface area contributed by atoms with Crippen molar-refractivity contribution in [2.24, 2.45) is 0 Å². The molecule has 3 rings (SSSR count). The van der Waals surface area contributed by atoms with Crippen molar-refractivity contribution in [3.63, 3.8) is 0 Å². The molecule has 0 aromatic heterocycles. The summed E-state index contributed by atoms with van der Waals surface area (Å²) in [6, 6.07) is 7.12. The molecule has 0 amide bonds. The highest BCUT2D eigenvalue weighted by molar-refractivity contribution is 5.39. The lowest BCUT2D eigenvalue weighted by molar-refractivity contribution is -0.0438. The van der Waals surface area contributed by atoms with Gasteiger partial charge in [0.05, 0.1) is 11.7 Å². The van der Waals surface area contributed by atoms with Crippen LogP contribution in [0.2, 0.25) is 0 Å². The second-order valence-corrected chi connectivity index (χ2v) is 6.16. The Balaban J connectivity index is 1.84. The van der Waals surface area contributed by atoms with Gasteiger partial charge in [-0.25, -0.2) is 0 Å². The number of benzene rings is 1. The van der Waals surface area contributed by atoms with Crippen LogP contribution in [-0.2, 0) is 23.2 Å². The largest absolute Gasteiger partial charge is 0.367 e. The Morgan fingerprint density at radius 3 is 3.06 bits per heavy atom. The summed E-state index contributed by atoms with van der Waals surface area (Å²) in [5, 5.41) is 0. The van der Waals surface area contributed by atoms with E-state index in [1.165, 1.54) is 55.2 Å². The first-order valence-corrected chi connectivity index (χ1v) is 7.51. The molecule has 98 valence electrons. The quantitative estimate of drug-likeness (QED) is 0.715. The molecule has 18 heavy (non-hydrogen) atoms. The molecule has 2 heterocycles. The maximum atomic E-state index is 6.19. The van der Waals surface area contributed by atoms with Gasteiger partial charge in [0.25, 0.3) is 0 Å². The first-order valence-electron chi connectivity index (χ1n) is 7.51. The maximum absolute atomic E-state index is 6.19. The summed E-state index contributed by atoms with van der Waals surface area (Å²) in [5.41, 5.74) is 4.52. The van der Waals surface area contributed by atoms with E-state index in [9.17, 15) is 0 Å². The van der Waals surface area contributed by atoms with Crippen LogP contribution in [0.25, 0.3) is 0 Å². The molecule has 0 radical (unpaired) electrons. The van der Waals surface area contributed by atoms with E-state index in [2.05, 4.69) is 32.0 Å². The molecular formula is C17H24O. The Labute approximate surface area is 111 Å². The average Bonchev–Trinajstić information content (AvgIpc) is 2.68. The maximum Gasteiger partial charge on any atom is 0.0910 e. The van der Waals surface area contributed by atoms with Crippen LogP contribution in [0, 0.1) is 0 Å². The van der Waals surface area contributed by atoms with Gasteiger partial charge < -0.3 is 4.74 Å². The van der Waals surface area contributed by atoms with Crippen LogP contribution in [-0.4, -0.2) is 6.10 Å². The van der Waals surface area contributed by atoms with Gasteiger partial charge in [0.15, 0.2) is 0 Å². The fourth-order valence-electron chi connectivity index (χ4n) is 3.54. The highest BCUT2D eigenvalue weighted by Crippen LogP contribution is 2.46. The minimum atomic E-state index is 0.0129. The van der Waals surface area contributed by atoms with Gasteiger partial charge in [-0.15, -0.1) is 0 Å². The minimum absolute atomic E-state index is 0.0129. The third-order valence-electron chi connectivity index (χ3n) is 4.63. The number of fused-ring (bicyclic) bond motifs is 4. The van der Waals surface area contributed by atoms with Crippen molar-refractivity contribution in [2.75, 3.05) is 0 Å². The van der Waals surface area contributed by atoms with Crippen LogP contribution in [0.1, 0.15) is 62.6 Å². The molecule has 2 atom stereocenters. The first kappa shape index (κ1) is 12.2. The van der Waals surface area contributed by atoms with E-state index < -0.39 is 0 Å². The van der Waals surface area contributed by atoms with Crippen molar-refractivity contribution >= 4 is 0 Å². The summed E-state index contributed by atoms with van der Waals surface area (Å²) >= 11 is 0. The highest BCUT2D eigenvalue weighted by atomic mass is 16.5. The Kier molecular flexibility index (Phi) is 3.19. The third-order valence-corrected chi connectivity index (χ3v) is 4.63. The molecule has 2 bridgehead atoms. The van der Waals surface area contributed by atoms with Crippen molar-refractivity contribution < 1.29 is 4.74 Å². The molecule has 0 saturated carbocycles. The van der Waals surface area contributed by atoms with Gasteiger partial charge in [0.1, 0.15) is 0 Å². The molecular weight excluding hydrogens is 220 g/mol.